The lowest BCUT2D eigenvalue weighted by molar-refractivity contribution is -0.151. The Kier molecular flexibility index (Phi) is 3.52. The number of rotatable bonds is 3. The lowest BCUT2D eigenvalue weighted by Crippen LogP contribution is -2.53. The summed E-state index contributed by atoms with van der Waals surface area (Å²) in [7, 11) is 0. The van der Waals surface area contributed by atoms with Crippen LogP contribution >= 0.6 is 0 Å². The second kappa shape index (κ2) is 4.67. The predicted octanol–water partition coefficient (Wildman–Crippen LogP) is 2.97. The highest BCUT2D eigenvalue weighted by Gasteiger charge is 2.54. The molecule has 2 rings (SSSR count). The summed E-state index contributed by atoms with van der Waals surface area (Å²) in [4.78, 5) is 22.6. The molecule has 18 heavy (non-hydrogen) atoms. The Morgan fingerprint density at radius 3 is 2.72 bits per heavy atom. The number of fused-ring (bicyclic) bond motifs is 1. The molecule has 3 heteroatoms. The first-order valence-corrected chi connectivity index (χ1v) is 7.00. The Balaban J connectivity index is 2.27. The third-order valence-corrected chi connectivity index (χ3v) is 5.47. The summed E-state index contributed by atoms with van der Waals surface area (Å²) < 4.78 is 4.92. The van der Waals surface area contributed by atoms with Crippen LogP contribution in [0.3, 0.4) is 0 Å². The maximum absolute atomic E-state index is 12.2. The van der Waals surface area contributed by atoms with E-state index in [-0.39, 0.29) is 23.7 Å². The van der Waals surface area contributed by atoms with Gasteiger partial charge in [0.1, 0.15) is 12.4 Å². The highest BCUT2D eigenvalue weighted by atomic mass is 16.5. The van der Waals surface area contributed by atoms with Crippen molar-refractivity contribution in [1.82, 2.24) is 0 Å². The standard InChI is InChI=1S/C15H24O3/c1-14(2)7-4-8-15(3)11(9-18-10-16)12(17)5-6-13(14)15/h10-11,13H,4-9H2,1-3H3/t11?,13-,15+/m0/s1. The quantitative estimate of drug-likeness (QED) is 0.725. The second-order valence-corrected chi connectivity index (χ2v) is 6.89. The molecule has 0 aromatic rings. The minimum atomic E-state index is -0.0963. The highest BCUT2D eigenvalue weighted by Crippen LogP contribution is 2.58. The monoisotopic (exact) mass is 252 g/mol. The van der Waals surface area contributed by atoms with E-state index in [0.717, 1.165) is 12.8 Å². The van der Waals surface area contributed by atoms with Gasteiger partial charge in [-0.25, -0.2) is 0 Å². The topological polar surface area (TPSA) is 43.4 Å². The first-order valence-electron chi connectivity index (χ1n) is 7.00. The zero-order valence-electron chi connectivity index (χ0n) is 11.7. The van der Waals surface area contributed by atoms with Crippen molar-refractivity contribution in [2.24, 2.45) is 22.7 Å². The van der Waals surface area contributed by atoms with Crippen LogP contribution in [-0.4, -0.2) is 18.9 Å². The fourth-order valence-corrected chi connectivity index (χ4v) is 4.55. The summed E-state index contributed by atoms with van der Waals surface area (Å²) in [5, 5.41) is 0. The summed E-state index contributed by atoms with van der Waals surface area (Å²) >= 11 is 0. The number of ether oxygens (including phenoxy) is 1. The molecule has 0 radical (unpaired) electrons. The van der Waals surface area contributed by atoms with Crippen LogP contribution in [0.15, 0.2) is 0 Å². The summed E-state index contributed by atoms with van der Waals surface area (Å²) in [6.45, 7) is 7.61. The first-order chi connectivity index (χ1) is 8.42. The molecule has 0 N–H and O–H groups in total. The van der Waals surface area contributed by atoms with E-state index in [1.807, 2.05) is 0 Å². The summed E-state index contributed by atoms with van der Waals surface area (Å²) in [6.07, 6.45) is 5.14. The molecule has 2 aliphatic rings. The third-order valence-electron chi connectivity index (χ3n) is 5.47. The summed E-state index contributed by atoms with van der Waals surface area (Å²) in [5.41, 5.74) is 0.313. The van der Waals surface area contributed by atoms with E-state index in [1.54, 1.807) is 0 Å². The number of Topliss-reactive ketones (excluding diaryl/α,β-unsaturated/α-hetero) is 1. The molecule has 0 saturated heterocycles. The van der Waals surface area contributed by atoms with Crippen LogP contribution in [0.1, 0.15) is 52.9 Å². The second-order valence-electron chi connectivity index (χ2n) is 6.89. The maximum atomic E-state index is 12.2. The molecule has 0 heterocycles. The van der Waals surface area contributed by atoms with E-state index in [4.69, 9.17) is 4.74 Å². The summed E-state index contributed by atoms with van der Waals surface area (Å²) in [5.74, 6) is 0.756. The Bertz CT molecular complexity index is 348. The Labute approximate surface area is 109 Å². The fourth-order valence-electron chi connectivity index (χ4n) is 4.55. The minimum Gasteiger partial charge on any atom is -0.467 e. The van der Waals surface area contributed by atoms with Crippen LogP contribution in [0.25, 0.3) is 0 Å². The predicted molar refractivity (Wildman–Crippen MR) is 69.0 cm³/mol. The Hall–Kier alpha value is -0.860. The van der Waals surface area contributed by atoms with E-state index in [0.29, 0.717) is 24.2 Å². The van der Waals surface area contributed by atoms with Crippen LogP contribution in [0.2, 0.25) is 0 Å². The normalized spacial score (nSPS) is 38.9. The molecular weight excluding hydrogens is 228 g/mol. The van der Waals surface area contributed by atoms with Crippen molar-refractivity contribution in [3.8, 4) is 0 Å². The molecule has 0 spiro atoms. The number of carbonyl (C=O) groups excluding carboxylic acids is 2. The SMILES string of the molecule is CC1(C)CCC[C@]2(C)C(COC=O)C(=O)CC[C@@H]12. The van der Waals surface area contributed by atoms with Gasteiger partial charge in [0.25, 0.3) is 6.47 Å². The molecule has 1 unspecified atom stereocenters. The van der Waals surface area contributed by atoms with Gasteiger partial charge in [-0.2, -0.15) is 0 Å². The van der Waals surface area contributed by atoms with E-state index >= 15 is 0 Å². The van der Waals surface area contributed by atoms with Crippen molar-refractivity contribution >= 4 is 12.3 Å². The number of hydrogen-bond donors (Lipinski definition) is 0. The molecule has 0 aliphatic heterocycles. The lowest BCUT2D eigenvalue weighted by atomic mass is 9.48. The summed E-state index contributed by atoms with van der Waals surface area (Å²) in [6, 6.07) is 0. The van der Waals surface area contributed by atoms with Crippen LogP contribution in [0.5, 0.6) is 0 Å². The number of carbonyl (C=O) groups is 2. The molecule has 0 amide bonds. The van der Waals surface area contributed by atoms with Gasteiger partial charge in [-0.15, -0.1) is 0 Å². The molecule has 0 aromatic carbocycles. The van der Waals surface area contributed by atoms with Crippen LogP contribution in [0.4, 0.5) is 0 Å². The van der Waals surface area contributed by atoms with E-state index in [2.05, 4.69) is 20.8 Å². The zero-order chi connectivity index (χ0) is 13.4. The average molecular weight is 252 g/mol. The van der Waals surface area contributed by atoms with Crippen molar-refractivity contribution < 1.29 is 14.3 Å². The fraction of sp³-hybridized carbons (Fsp3) is 0.867. The van der Waals surface area contributed by atoms with Gasteiger partial charge in [-0.05, 0) is 36.0 Å². The van der Waals surface area contributed by atoms with Gasteiger partial charge in [0.15, 0.2) is 0 Å². The molecule has 2 aliphatic carbocycles. The van der Waals surface area contributed by atoms with Gasteiger partial charge >= 0.3 is 0 Å². The molecule has 2 saturated carbocycles. The third kappa shape index (κ3) is 2.08. The van der Waals surface area contributed by atoms with Gasteiger partial charge in [-0.3, -0.25) is 9.59 Å². The first kappa shape index (κ1) is 13.6. The molecule has 2 fully saturated rings. The smallest absolute Gasteiger partial charge is 0.293 e. The van der Waals surface area contributed by atoms with Crippen molar-refractivity contribution in [3.63, 3.8) is 0 Å². The molecule has 0 aromatic heterocycles. The number of hydrogen-bond acceptors (Lipinski definition) is 3. The van der Waals surface area contributed by atoms with Crippen molar-refractivity contribution in [2.75, 3.05) is 6.61 Å². The van der Waals surface area contributed by atoms with Gasteiger partial charge in [0.05, 0.1) is 5.92 Å². The molecule has 0 bridgehead atoms. The van der Waals surface area contributed by atoms with E-state index < -0.39 is 0 Å². The molecule has 3 atom stereocenters. The van der Waals surface area contributed by atoms with Gasteiger partial charge in [0, 0.05) is 6.42 Å². The molecule has 3 nitrogen and oxygen atoms in total. The minimum absolute atomic E-state index is 0.0140. The van der Waals surface area contributed by atoms with Gasteiger partial charge < -0.3 is 4.74 Å². The molecular formula is C15H24O3. The maximum Gasteiger partial charge on any atom is 0.293 e. The van der Waals surface area contributed by atoms with Gasteiger partial charge in [-0.1, -0.05) is 27.2 Å². The Morgan fingerprint density at radius 2 is 2.06 bits per heavy atom. The van der Waals surface area contributed by atoms with Crippen molar-refractivity contribution in [2.45, 2.75) is 52.9 Å². The highest BCUT2D eigenvalue weighted by molar-refractivity contribution is 5.83. The van der Waals surface area contributed by atoms with E-state index in [9.17, 15) is 9.59 Å². The van der Waals surface area contributed by atoms with Crippen LogP contribution in [0, 0.1) is 22.7 Å². The average Bonchev–Trinajstić information content (AvgIpc) is 2.27. The van der Waals surface area contributed by atoms with E-state index in [1.165, 1.54) is 12.8 Å². The van der Waals surface area contributed by atoms with Crippen molar-refractivity contribution in [3.05, 3.63) is 0 Å². The number of ketones is 1. The van der Waals surface area contributed by atoms with Crippen molar-refractivity contribution in [1.29, 1.82) is 0 Å². The van der Waals surface area contributed by atoms with Gasteiger partial charge in [0.2, 0.25) is 0 Å². The zero-order valence-corrected chi connectivity index (χ0v) is 11.7. The van der Waals surface area contributed by atoms with Crippen LogP contribution in [-0.2, 0) is 14.3 Å². The lowest BCUT2D eigenvalue weighted by Gasteiger charge is -2.56. The molecule has 102 valence electrons. The largest absolute Gasteiger partial charge is 0.467 e. The Morgan fingerprint density at radius 1 is 1.33 bits per heavy atom. The van der Waals surface area contributed by atoms with Crippen LogP contribution < -0.4 is 0 Å².